The standard InChI is InChI=1S/C29H60O12S/c1-3-6-30-8-10-32-12-14-34-16-18-36-20-22-38-24-26-40-29(5-28-42)41-27-25-39-23-21-37-19-17-35-15-13-33-11-9-31-7-4-2/h29,42H,3-28H2,1-2H3. The van der Waals surface area contributed by atoms with Crippen molar-refractivity contribution >= 4 is 12.6 Å². The number of rotatable bonds is 38. The van der Waals surface area contributed by atoms with E-state index in [4.69, 9.17) is 56.8 Å². The third kappa shape index (κ3) is 36.1. The maximum atomic E-state index is 5.74. The van der Waals surface area contributed by atoms with Gasteiger partial charge in [0, 0.05) is 19.6 Å². The molecule has 0 aromatic carbocycles. The summed E-state index contributed by atoms with van der Waals surface area (Å²) in [5.41, 5.74) is 0. The summed E-state index contributed by atoms with van der Waals surface area (Å²) in [5, 5.41) is 0. The van der Waals surface area contributed by atoms with Crippen LogP contribution in [0.2, 0.25) is 0 Å². The van der Waals surface area contributed by atoms with Crippen molar-refractivity contribution < 1.29 is 56.8 Å². The van der Waals surface area contributed by atoms with Gasteiger partial charge in [0.15, 0.2) is 6.29 Å². The van der Waals surface area contributed by atoms with Gasteiger partial charge in [-0.3, -0.25) is 0 Å². The van der Waals surface area contributed by atoms with E-state index in [1.165, 1.54) is 0 Å². The molecule has 0 aromatic rings. The van der Waals surface area contributed by atoms with Crippen LogP contribution in [0.5, 0.6) is 0 Å². The monoisotopic (exact) mass is 632 g/mol. The molecule has 0 atom stereocenters. The Hall–Kier alpha value is -0.130. The van der Waals surface area contributed by atoms with Gasteiger partial charge in [0.25, 0.3) is 0 Å². The second kappa shape index (κ2) is 38.9. The molecule has 0 N–H and O–H groups in total. The van der Waals surface area contributed by atoms with Gasteiger partial charge in [-0.25, -0.2) is 0 Å². The fourth-order valence-corrected chi connectivity index (χ4v) is 3.26. The zero-order chi connectivity index (χ0) is 30.4. The third-order valence-electron chi connectivity index (χ3n) is 5.10. The summed E-state index contributed by atoms with van der Waals surface area (Å²) in [6, 6.07) is 0. The van der Waals surface area contributed by atoms with Gasteiger partial charge in [-0.1, -0.05) is 13.8 Å². The lowest BCUT2D eigenvalue weighted by molar-refractivity contribution is -0.159. The van der Waals surface area contributed by atoms with Gasteiger partial charge in [0.2, 0.25) is 0 Å². The fraction of sp³-hybridized carbons (Fsp3) is 1.00. The Morgan fingerprint density at radius 1 is 0.333 bits per heavy atom. The average Bonchev–Trinajstić information content (AvgIpc) is 3.00. The highest BCUT2D eigenvalue weighted by Crippen LogP contribution is 2.03. The molecule has 12 nitrogen and oxygen atoms in total. The molecule has 0 aliphatic rings. The largest absolute Gasteiger partial charge is 0.379 e. The van der Waals surface area contributed by atoms with Gasteiger partial charge in [-0.05, 0) is 18.6 Å². The van der Waals surface area contributed by atoms with Crippen molar-refractivity contribution in [1.82, 2.24) is 0 Å². The summed E-state index contributed by atoms with van der Waals surface area (Å²) in [6.07, 6.45) is 2.39. The molecule has 0 bridgehead atoms. The molecule has 13 heteroatoms. The van der Waals surface area contributed by atoms with Gasteiger partial charge in [0.05, 0.1) is 132 Å². The Kier molecular flexibility index (Phi) is 38.8. The van der Waals surface area contributed by atoms with E-state index in [0.29, 0.717) is 144 Å². The van der Waals surface area contributed by atoms with Crippen LogP contribution in [0.1, 0.15) is 33.1 Å². The van der Waals surface area contributed by atoms with Crippen molar-refractivity contribution in [1.29, 1.82) is 0 Å². The molecule has 0 aliphatic carbocycles. The summed E-state index contributed by atoms with van der Waals surface area (Å²) in [7, 11) is 0. The SMILES string of the molecule is CCCOCCOCCOCCOCCOCCOC(CCS)OCCOCCOCCOCCOCCOCCC. The van der Waals surface area contributed by atoms with Crippen LogP contribution in [-0.4, -0.2) is 157 Å². The van der Waals surface area contributed by atoms with E-state index in [2.05, 4.69) is 26.5 Å². The van der Waals surface area contributed by atoms with E-state index in [-0.39, 0.29) is 6.29 Å². The first-order valence-electron chi connectivity index (χ1n) is 15.5. The predicted octanol–water partition coefficient (Wildman–Crippen LogP) is 2.65. The third-order valence-corrected chi connectivity index (χ3v) is 5.36. The van der Waals surface area contributed by atoms with E-state index >= 15 is 0 Å². The number of ether oxygens (including phenoxy) is 12. The van der Waals surface area contributed by atoms with Crippen molar-refractivity contribution in [3.8, 4) is 0 Å². The van der Waals surface area contributed by atoms with Crippen LogP contribution in [-0.2, 0) is 56.8 Å². The van der Waals surface area contributed by atoms with Crippen molar-refractivity contribution in [3.63, 3.8) is 0 Å². The van der Waals surface area contributed by atoms with E-state index in [1.54, 1.807) is 0 Å². The number of thiol groups is 1. The molecule has 0 amide bonds. The summed E-state index contributed by atoms with van der Waals surface area (Å²) >= 11 is 4.28. The lowest BCUT2D eigenvalue weighted by atomic mass is 10.4. The maximum absolute atomic E-state index is 5.74. The van der Waals surface area contributed by atoms with Crippen molar-refractivity contribution in [3.05, 3.63) is 0 Å². The minimum Gasteiger partial charge on any atom is -0.379 e. The van der Waals surface area contributed by atoms with Crippen LogP contribution in [0.25, 0.3) is 0 Å². The molecule has 0 radical (unpaired) electrons. The smallest absolute Gasteiger partial charge is 0.158 e. The van der Waals surface area contributed by atoms with Crippen LogP contribution in [0.15, 0.2) is 0 Å². The van der Waals surface area contributed by atoms with Crippen molar-refractivity contribution in [2.45, 2.75) is 39.4 Å². The number of hydrogen-bond acceptors (Lipinski definition) is 13. The molecule has 0 aliphatic heterocycles. The Morgan fingerprint density at radius 3 is 0.762 bits per heavy atom. The predicted molar refractivity (Wildman–Crippen MR) is 163 cm³/mol. The second-order valence-corrected chi connectivity index (χ2v) is 9.25. The molecule has 0 saturated carbocycles. The van der Waals surface area contributed by atoms with Crippen LogP contribution in [0.3, 0.4) is 0 Å². The van der Waals surface area contributed by atoms with Crippen LogP contribution in [0.4, 0.5) is 0 Å². The minimum absolute atomic E-state index is 0.336. The summed E-state index contributed by atoms with van der Waals surface area (Å²) in [5.74, 6) is 0.664. The quantitative estimate of drug-likeness (QED) is 0.0614. The minimum atomic E-state index is -0.336. The molecule has 0 aromatic heterocycles. The Labute approximate surface area is 259 Å². The zero-order valence-corrected chi connectivity index (χ0v) is 27.2. The first-order valence-corrected chi connectivity index (χ1v) is 16.1. The molecular weight excluding hydrogens is 572 g/mol. The molecule has 0 spiro atoms. The molecule has 0 fully saturated rings. The first kappa shape index (κ1) is 41.9. The summed E-state index contributed by atoms with van der Waals surface area (Å²) in [4.78, 5) is 0. The molecular formula is C29H60O12S. The Balaban J connectivity index is 3.34. The molecule has 0 saturated heterocycles. The highest BCUT2D eigenvalue weighted by atomic mass is 32.1. The average molecular weight is 633 g/mol. The second-order valence-electron chi connectivity index (χ2n) is 8.81. The lowest BCUT2D eigenvalue weighted by Crippen LogP contribution is -2.23. The molecule has 42 heavy (non-hydrogen) atoms. The molecule has 0 rings (SSSR count). The zero-order valence-electron chi connectivity index (χ0n) is 26.3. The Bertz CT molecular complexity index is 444. The van der Waals surface area contributed by atoms with E-state index in [9.17, 15) is 0 Å². The Morgan fingerprint density at radius 2 is 0.548 bits per heavy atom. The molecule has 0 heterocycles. The van der Waals surface area contributed by atoms with Gasteiger partial charge < -0.3 is 56.8 Å². The first-order chi connectivity index (χ1) is 20.8. The highest BCUT2D eigenvalue weighted by Gasteiger charge is 2.08. The maximum Gasteiger partial charge on any atom is 0.158 e. The van der Waals surface area contributed by atoms with Gasteiger partial charge in [-0.15, -0.1) is 0 Å². The normalized spacial score (nSPS) is 11.7. The summed E-state index contributed by atoms with van der Waals surface area (Å²) in [6.45, 7) is 16.3. The summed E-state index contributed by atoms with van der Waals surface area (Å²) < 4.78 is 66.0. The lowest BCUT2D eigenvalue weighted by Gasteiger charge is -2.18. The van der Waals surface area contributed by atoms with Crippen LogP contribution in [0, 0.1) is 0 Å². The van der Waals surface area contributed by atoms with E-state index in [0.717, 1.165) is 26.1 Å². The van der Waals surface area contributed by atoms with Crippen molar-refractivity contribution in [2.24, 2.45) is 0 Å². The number of hydrogen-bond donors (Lipinski definition) is 1. The topological polar surface area (TPSA) is 111 Å². The van der Waals surface area contributed by atoms with Crippen LogP contribution < -0.4 is 0 Å². The van der Waals surface area contributed by atoms with Crippen molar-refractivity contribution in [2.75, 3.05) is 151 Å². The molecule has 0 unspecified atom stereocenters. The fourth-order valence-electron chi connectivity index (χ4n) is 3.05. The highest BCUT2D eigenvalue weighted by molar-refractivity contribution is 7.80. The van der Waals surface area contributed by atoms with E-state index < -0.39 is 0 Å². The molecule has 254 valence electrons. The van der Waals surface area contributed by atoms with E-state index in [1.807, 2.05) is 0 Å². The van der Waals surface area contributed by atoms with Gasteiger partial charge >= 0.3 is 0 Å². The van der Waals surface area contributed by atoms with Gasteiger partial charge in [0.1, 0.15) is 0 Å². The van der Waals surface area contributed by atoms with Crippen LogP contribution >= 0.6 is 12.6 Å². The van der Waals surface area contributed by atoms with Gasteiger partial charge in [-0.2, -0.15) is 12.6 Å².